The summed E-state index contributed by atoms with van der Waals surface area (Å²) < 4.78 is 16.6. The van der Waals surface area contributed by atoms with Gasteiger partial charge in [0.1, 0.15) is 11.9 Å². The summed E-state index contributed by atoms with van der Waals surface area (Å²) in [4.78, 5) is 41.0. The van der Waals surface area contributed by atoms with Crippen LogP contribution < -0.4 is 16.6 Å². The molecule has 0 radical (unpaired) electrons. The third kappa shape index (κ3) is 2.92. The van der Waals surface area contributed by atoms with Crippen LogP contribution in [0.5, 0.6) is 0 Å². The Bertz CT molecular complexity index is 1090. The average Bonchev–Trinajstić information content (AvgIpc) is 3.08. The Kier molecular flexibility index (Phi) is 4.45. The number of benzene rings is 1. The summed E-state index contributed by atoms with van der Waals surface area (Å²) in [5, 5.41) is 2.74. The Morgan fingerprint density at radius 2 is 1.85 bits per heavy atom. The van der Waals surface area contributed by atoms with Gasteiger partial charge in [0.05, 0.1) is 6.33 Å². The van der Waals surface area contributed by atoms with Crippen molar-refractivity contribution in [3.8, 4) is 0 Å². The summed E-state index contributed by atoms with van der Waals surface area (Å²) >= 11 is 0. The van der Waals surface area contributed by atoms with Crippen molar-refractivity contribution in [1.82, 2.24) is 24.0 Å². The molecule has 26 heavy (non-hydrogen) atoms. The number of rotatable bonds is 4. The lowest BCUT2D eigenvalue weighted by molar-refractivity contribution is -0.123. The minimum absolute atomic E-state index is 0.180. The van der Waals surface area contributed by atoms with Gasteiger partial charge in [0.15, 0.2) is 11.2 Å². The first-order valence-electron chi connectivity index (χ1n) is 7.96. The van der Waals surface area contributed by atoms with Gasteiger partial charge >= 0.3 is 5.69 Å². The van der Waals surface area contributed by atoms with Gasteiger partial charge < -0.3 is 9.88 Å². The number of nitrogens with zero attached hydrogens (tertiary/aromatic N) is 4. The summed E-state index contributed by atoms with van der Waals surface area (Å²) in [6, 6.07) is 5.08. The van der Waals surface area contributed by atoms with Crippen molar-refractivity contribution in [3.05, 3.63) is 62.8 Å². The predicted molar refractivity (Wildman–Crippen MR) is 93.2 cm³/mol. The molecule has 136 valence electrons. The molecular weight excluding hydrogens is 341 g/mol. The Morgan fingerprint density at radius 1 is 1.19 bits per heavy atom. The van der Waals surface area contributed by atoms with E-state index in [0.717, 1.165) is 10.1 Å². The molecule has 0 saturated heterocycles. The van der Waals surface area contributed by atoms with E-state index < -0.39 is 17.3 Å². The van der Waals surface area contributed by atoms with E-state index in [1.165, 1.54) is 41.7 Å². The minimum Gasteiger partial charge on any atom is -0.350 e. The summed E-state index contributed by atoms with van der Waals surface area (Å²) in [5.74, 6) is -0.677. The normalized spacial score (nSPS) is 12.3. The van der Waals surface area contributed by atoms with Gasteiger partial charge in [0.2, 0.25) is 5.91 Å². The summed E-state index contributed by atoms with van der Waals surface area (Å²) in [6.07, 6.45) is 1.37. The molecule has 9 heteroatoms. The molecular formula is C17H18FN5O3. The highest BCUT2D eigenvalue weighted by atomic mass is 19.1. The molecule has 0 aliphatic heterocycles. The smallest absolute Gasteiger partial charge is 0.332 e. The lowest BCUT2D eigenvalue weighted by atomic mass is 10.2. The van der Waals surface area contributed by atoms with Crippen LogP contribution in [0.25, 0.3) is 11.2 Å². The zero-order valence-corrected chi connectivity index (χ0v) is 14.6. The van der Waals surface area contributed by atoms with Crippen LogP contribution in [0.15, 0.2) is 40.2 Å². The quantitative estimate of drug-likeness (QED) is 0.732. The first kappa shape index (κ1) is 17.6. The van der Waals surface area contributed by atoms with E-state index in [0.29, 0.717) is 0 Å². The van der Waals surface area contributed by atoms with Crippen LogP contribution >= 0.6 is 0 Å². The van der Waals surface area contributed by atoms with Gasteiger partial charge in [-0.2, -0.15) is 0 Å². The largest absolute Gasteiger partial charge is 0.350 e. The van der Waals surface area contributed by atoms with E-state index in [-0.39, 0.29) is 29.4 Å². The number of nitrogens with one attached hydrogen (secondary N) is 1. The van der Waals surface area contributed by atoms with Crippen molar-refractivity contribution >= 4 is 17.1 Å². The number of carbonyl (C=O) groups excluding carboxylic acids is 1. The fraction of sp³-hybridized carbons (Fsp3) is 0.294. The van der Waals surface area contributed by atoms with Crippen LogP contribution in [-0.2, 0) is 25.4 Å². The molecule has 1 atom stereocenters. The molecule has 2 aromatic heterocycles. The van der Waals surface area contributed by atoms with Gasteiger partial charge in [-0.25, -0.2) is 14.2 Å². The maximum absolute atomic E-state index is 12.9. The summed E-state index contributed by atoms with van der Waals surface area (Å²) in [7, 11) is 2.89. The molecule has 3 rings (SSSR count). The number of aryl methyl sites for hydroxylation is 1. The molecule has 0 aliphatic rings. The zero-order valence-electron chi connectivity index (χ0n) is 14.6. The van der Waals surface area contributed by atoms with Gasteiger partial charge in [0.25, 0.3) is 5.56 Å². The van der Waals surface area contributed by atoms with Crippen molar-refractivity contribution < 1.29 is 9.18 Å². The number of fused-ring (bicyclic) bond motifs is 1. The van der Waals surface area contributed by atoms with Crippen molar-refractivity contribution in [1.29, 1.82) is 0 Å². The molecule has 8 nitrogen and oxygen atoms in total. The highest BCUT2D eigenvalue weighted by Crippen LogP contribution is 2.13. The molecule has 0 aliphatic carbocycles. The SMILES string of the molecule is C[C@H](C(=O)NCc1ccc(F)cc1)n1cnc2c1c(=O)n(C)c(=O)n2C. The van der Waals surface area contributed by atoms with Crippen LogP contribution in [0.3, 0.4) is 0 Å². The third-order valence-corrected chi connectivity index (χ3v) is 4.35. The number of aromatic nitrogens is 4. The van der Waals surface area contributed by atoms with Crippen LogP contribution in [0, 0.1) is 5.82 Å². The van der Waals surface area contributed by atoms with Crippen LogP contribution in [0.1, 0.15) is 18.5 Å². The molecule has 0 unspecified atom stereocenters. The van der Waals surface area contributed by atoms with Crippen LogP contribution in [0.4, 0.5) is 4.39 Å². The second-order valence-corrected chi connectivity index (χ2v) is 6.05. The van der Waals surface area contributed by atoms with Crippen molar-refractivity contribution in [2.45, 2.75) is 19.5 Å². The van der Waals surface area contributed by atoms with Gasteiger partial charge in [-0.3, -0.25) is 18.7 Å². The molecule has 0 spiro atoms. The van der Waals surface area contributed by atoms with Gasteiger partial charge in [-0.15, -0.1) is 0 Å². The summed E-state index contributed by atoms with van der Waals surface area (Å²) in [5.41, 5.74) is 0.149. The average molecular weight is 359 g/mol. The Balaban J connectivity index is 1.89. The van der Waals surface area contributed by atoms with Gasteiger partial charge in [-0.05, 0) is 24.6 Å². The molecule has 1 amide bonds. The number of hydrogen-bond donors (Lipinski definition) is 1. The highest BCUT2D eigenvalue weighted by Gasteiger charge is 2.21. The monoisotopic (exact) mass is 359 g/mol. The topological polar surface area (TPSA) is 90.9 Å². The molecule has 1 aromatic carbocycles. The van der Waals surface area contributed by atoms with Crippen molar-refractivity contribution in [2.75, 3.05) is 0 Å². The van der Waals surface area contributed by atoms with Crippen LogP contribution in [-0.4, -0.2) is 24.6 Å². The zero-order chi connectivity index (χ0) is 19.0. The van der Waals surface area contributed by atoms with Crippen LogP contribution in [0.2, 0.25) is 0 Å². The number of imidazole rings is 1. The molecule has 0 bridgehead atoms. The lowest BCUT2D eigenvalue weighted by Crippen LogP contribution is -2.38. The fourth-order valence-corrected chi connectivity index (χ4v) is 2.72. The van der Waals surface area contributed by atoms with Crippen molar-refractivity contribution in [3.63, 3.8) is 0 Å². The van der Waals surface area contributed by atoms with Crippen molar-refractivity contribution in [2.24, 2.45) is 14.1 Å². The van der Waals surface area contributed by atoms with E-state index in [9.17, 15) is 18.8 Å². The first-order chi connectivity index (χ1) is 12.3. The van der Waals surface area contributed by atoms with E-state index in [2.05, 4.69) is 10.3 Å². The molecule has 0 fully saturated rings. The van der Waals surface area contributed by atoms with Gasteiger partial charge in [0, 0.05) is 20.6 Å². The third-order valence-electron chi connectivity index (χ3n) is 4.35. The maximum atomic E-state index is 12.9. The summed E-state index contributed by atoms with van der Waals surface area (Å²) in [6.45, 7) is 1.86. The lowest BCUT2D eigenvalue weighted by Gasteiger charge is -2.15. The number of halogens is 1. The number of amides is 1. The van der Waals surface area contributed by atoms with E-state index in [1.807, 2.05) is 0 Å². The van der Waals surface area contributed by atoms with E-state index in [1.54, 1.807) is 19.1 Å². The number of carbonyl (C=O) groups is 1. The minimum atomic E-state index is -0.717. The number of hydrogen-bond acceptors (Lipinski definition) is 4. The Labute approximate surface area is 147 Å². The Hall–Kier alpha value is -3.23. The molecule has 2 heterocycles. The Morgan fingerprint density at radius 3 is 2.50 bits per heavy atom. The molecule has 0 saturated carbocycles. The molecule has 1 N–H and O–H groups in total. The second-order valence-electron chi connectivity index (χ2n) is 6.05. The second kappa shape index (κ2) is 6.58. The predicted octanol–water partition coefficient (Wildman–Crippen LogP) is 0.450. The highest BCUT2D eigenvalue weighted by molar-refractivity contribution is 5.82. The standard InChI is InChI=1S/C17H18FN5O3/c1-10(15(24)19-8-11-4-6-12(18)7-5-11)23-9-20-14-13(23)16(25)22(3)17(26)21(14)2/h4-7,9-10H,8H2,1-3H3,(H,19,24)/t10-/m1/s1. The molecule has 3 aromatic rings. The fourth-order valence-electron chi connectivity index (χ4n) is 2.72. The maximum Gasteiger partial charge on any atom is 0.332 e. The van der Waals surface area contributed by atoms with E-state index in [4.69, 9.17) is 0 Å². The van der Waals surface area contributed by atoms with E-state index >= 15 is 0 Å². The first-order valence-corrected chi connectivity index (χ1v) is 7.96. The van der Waals surface area contributed by atoms with Gasteiger partial charge in [-0.1, -0.05) is 12.1 Å².